The molecule has 3 nitrogen and oxygen atoms in total. The lowest BCUT2D eigenvalue weighted by Crippen LogP contribution is -2.29. The van der Waals surface area contributed by atoms with E-state index in [0.29, 0.717) is 11.0 Å². The van der Waals surface area contributed by atoms with Gasteiger partial charge in [0.25, 0.3) is 0 Å². The number of hydrogen-bond donors (Lipinski definition) is 2. The maximum Gasteiger partial charge on any atom is 0.488 e. The molecule has 0 saturated heterocycles. The first-order chi connectivity index (χ1) is 6.61. The summed E-state index contributed by atoms with van der Waals surface area (Å²) in [6.07, 6.45) is 1.47. The van der Waals surface area contributed by atoms with E-state index in [9.17, 15) is 4.79 Å². The van der Waals surface area contributed by atoms with Crippen molar-refractivity contribution in [2.75, 3.05) is 6.38 Å². The topological polar surface area (TPSA) is 57.5 Å². The van der Waals surface area contributed by atoms with Crippen molar-refractivity contribution in [1.29, 1.82) is 0 Å². The molecule has 0 fully saturated rings. The van der Waals surface area contributed by atoms with Crippen molar-refractivity contribution in [2.24, 2.45) is 0 Å². The molecule has 0 aliphatic rings. The normalized spacial score (nSPS) is 8.64. The average molecular weight is 214 g/mol. The van der Waals surface area contributed by atoms with Crippen molar-refractivity contribution >= 4 is 30.0 Å². The smallest absolute Gasteiger partial charge is 0.423 e. The summed E-state index contributed by atoms with van der Waals surface area (Å²) in [6, 6.07) is 6.16. The van der Waals surface area contributed by atoms with Crippen molar-refractivity contribution in [2.45, 2.75) is 6.92 Å². The Morgan fingerprint density at radius 3 is 1.93 bits per heavy atom. The van der Waals surface area contributed by atoms with Crippen LogP contribution in [0.4, 0.5) is 0 Å². The molecule has 0 saturated carbocycles. The van der Waals surface area contributed by atoms with Crippen LogP contribution in [0.25, 0.3) is 0 Å². The minimum absolute atomic E-state index is 0.0334. The molecule has 1 rings (SSSR count). The summed E-state index contributed by atoms with van der Waals surface area (Å²) < 4.78 is 0. The third-order valence-electron chi connectivity index (χ3n) is 1.62. The summed E-state index contributed by atoms with van der Waals surface area (Å²) in [5, 5.41) is 17.4. The lowest BCUT2D eigenvalue weighted by atomic mass is 9.80. The van der Waals surface area contributed by atoms with Crippen LogP contribution in [-0.4, -0.2) is 29.3 Å². The Kier molecular flexibility index (Phi) is 6.20. The van der Waals surface area contributed by atoms with Gasteiger partial charge in [-0.05, 0) is 12.4 Å². The van der Waals surface area contributed by atoms with Crippen molar-refractivity contribution in [3.05, 3.63) is 29.8 Å². The lowest BCUT2D eigenvalue weighted by molar-refractivity contribution is 0.101. The predicted molar refractivity (Wildman–Crippen MR) is 58.0 cm³/mol. The van der Waals surface area contributed by atoms with Crippen LogP contribution < -0.4 is 5.46 Å². The van der Waals surface area contributed by atoms with Gasteiger partial charge in [0.05, 0.1) is 0 Å². The maximum absolute atomic E-state index is 10.8. The highest BCUT2D eigenvalue weighted by Gasteiger charge is 2.10. The molecule has 0 bridgehead atoms. The van der Waals surface area contributed by atoms with E-state index in [4.69, 9.17) is 10.0 Å². The number of rotatable bonds is 2. The van der Waals surface area contributed by atoms with Crippen LogP contribution in [0.3, 0.4) is 0 Å². The van der Waals surface area contributed by atoms with Gasteiger partial charge in [-0.3, -0.25) is 4.79 Å². The third-order valence-corrected chi connectivity index (χ3v) is 1.62. The van der Waals surface area contributed by atoms with Gasteiger partial charge in [-0.25, -0.2) is 0 Å². The Labute approximate surface area is 88.5 Å². The molecule has 5 heteroatoms. The molecule has 14 heavy (non-hydrogen) atoms. The van der Waals surface area contributed by atoms with E-state index in [1.165, 1.54) is 25.4 Å². The Bertz CT molecular complexity index is 285. The third kappa shape index (κ3) is 3.92. The van der Waals surface area contributed by atoms with Gasteiger partial charge in [-0.2, -0.15) is 0 Å². The molecule has 0 atom stereocenters. The van der Waals surface area contributed by atoms with Crippen molar-refractivity contribution in [1.82, 2.24) is 0 Å². The molecular weight excluding hydrogens is 202 g/mol. The Morgan fingerprint density at radius 2 is 1.64 bits per heavy atom. The molecule has 2 N–H and O–H groups in total. The van der Waals surface area contributed by atoms with Crippen LogP contribution in [-0.2, 0) is 0 Å². The van der Waals surface area contributed by atoms with Crippen molar-refractivity contribution < 1.29 is 14.8 Å². The maximum atomic E-state index is 10.8. The number of carbonyl (C=O) groups is 1. The number of halogens is 1. The molecule has 0 unspecified atom stereocenters. The standard InChI is InChI=1S/C8H9BO3.CH3Cl/c1-6(10)7-2-4-8(5-3-7)9(11)12;1-2/h2-5,11-12H,1H3;1H3. The molecule has 0 aliphatic carbocycles. The van der Waals surface area contributed by atoms with E-state index in [0.717, 1.165) is 0 Å². The van der Waals surface area contributed by atoms with Gasteiger partial charge in [0.15, 0.2) is 5.78 Å². The first-order valence-corrected chi connectivity index (χ1v) is 4.71. The van der Waals surface area contributed by atoms with Gasteiger partial charge >= 0.3 is 7.12 Å². The van der Waals surface area contributed by atoms with Crippen LogP contribution in [0.5, 0.6) is 0 Å². The van der Waals surface area contributed by atoms with E-state index in [1.54, 1.807) is 12.1 Å². The molecule has 0 spiro atoms. The number of alkyl halides is 1. The van der Waals surface area contributed by atoms with Crippen LogP contribution in [0, 0.1) is 0 Å². The van der Waals surface area contributed by atoms with Crippen LogP contribution in [0.15, 0.2) is 24.3 Å². The second kappa shape index (κ2) is 6.59. The molecule has 0 radical (unpaired) electrons. The highest BCUT2D eigenvalue weighted by atomic mass is 35.5. The number of Topliss-reactive ketones (excluding diaryl/α,β-unsaturated/α-hetero) is 1. The monoisotopic (exact) mass is 214 g/mol. The average Bonchev–Trinajstić information content (AvgIpc) is 2.21. The van der Waals surface area contributed by atoms with Crippen LogP contribution in [0.2, 0.25) is 0 Å². The van der Waals surface area contributed by atoms with E-state index < -0.39 is 7.12 Å². The van der Waals surface area contributed by atoms with Crippen molar-refractivity contribution in [3.63, 3.8) is 0 Å². The summed E-state index contributed by atoms with van der Waals surface area (Å²) in [5.74, 6) is -0.0334. The number of carbonyl (C=O) groups excluding carboxylic acids is 1. The minimum atomic E-state index is -1.47. The number of ketones is 1. The molecule has 0 aromatic heterocycles. The van der Waals surface area contributed by atoms with Crippen LogP contribution in [0.1, 0.15) is 17.3 Å². The van der Waals surface area contributed by atoms with E-state index in [1.807, 2.05) is 0 Å². The molecule has 0 amide bonds. The minimum Gasteiger partial charge on any atom is -0.423 e. The van der Waals surface area contributed by atoms with E-state index >= 15 is 0 Å². The molecule has 1 aromatic rings. The summed E-state index contributed by atoms with van der Waals surface area (Å²) in [4.78, 5) is 10.8. The zero-order valence-electron chi connectivity index (χ0n) is 8.07. The molecule has 1 aromatic carbocycles. The Morgan fingerprint density at radius 1 is 1.21 bits per heavy atom. The van der Waals surface area contributed by atoms with Crippen LogP contribution >= 0.6 is 11.6 Å². The summed E-state index contributed by atoms with van der Waals surface area (Å²) >= 11 is 4.64. The Balaban J connectivity index is 0.000000791. The van der Waals surface area contributed by atoms with E-state index in [-0.39, 0.29) is 5.78 Å². The summed E-state index contributed by atoms with van der Waals surface area (Å²) in [6.45, 7) is 1.46. The van der Waals surface area contributed by atoms with Gasteiger partial charge < -0.3 is 10.0 Å². The fourth-order valence-corrected chi connectivity index (χ4v) is 0.890. The fraction of sp³-hybridized carbons (Fsp3) is 0.222. The van der Waals surface area contributed by atoms with Gasteiger partial charge in [0.1, 0.15) is 0 Å². The first-order valence-electron chi connectivity index (χ1n) is 3.96. The largest absolute Gasteiger partial charge is 0.488 e. The number of hydrogen-bond acceptors (Lipinski definition) is 3. The molecule has 0 aliphatic heterocycles. The fourth-order valence-electron chi connectivity index (χ4n) is 0.890. The Hall–Kier alpha value is -0.835. The molecule has 76 valence electrons. The molecule has 0 heterocycles. The van der Waals surface area contributed by atoms with Gasteiger partial charge in [0.2, 0.25) is 0 Å². The van der Waals surface area contributed by atoms with E-state index in [2.05, 4.69) is 11.6 Å². The van der Waals surface area contributed by atoms with Gasteiger partial charge in [-0.1, -0.05) is 24.3 Å². The SMILES string of the molecule is CC(=O)c1ccc(B(O)O)cc1.CCl. The summed E-state index contributed by atoms with van der Waals surface area (Å²) in [5.41, 5.74) is 0.958. The predicted octanol–water partition coefficient (Wildman–Crippen LogP) is 0.424. The highest BCUT2D eigenvalue weighted by molar-refractivity contribution is 6.58. The second-order valence-electron chi connectivity index (χ2n) is 2.55. The highest BCUT2D eigenvalue weighted by Crippen LogP contribution is 1.97. The first kappa shape index (κ1) is 13.2. The zero-order valence-corrected chi connectivity index (χ0v) is 8.82. The zero-order chi connectivity index (χ0) is 11.1. The summed E-state index contributed by atoms with van der Waals surface area (Å²) in [7, 11) is -1.47. The second-order valence-corrected chi connectivity index (χ2v) is 2.55. The van der Waals surface area contributed by atoms with Crippen molar-refractivity contribution in [3.8, 4) is 0 Å². The number of benzene rings is 1. The lowest BCUT2D eigenvalue weighted by Gasteiger charge is -1.99. The van der Waals surface area contributed by atoms with Gasteiger partial charge in [-0.15, -0.1) is 11.6 Å². The van der Waals surface area contributed by atoms with Gasteiger partial charge in [0, 0.05) is 11.9 Å². The molecular formula is C9H12BClO3. The quantitative estimate of drug-likeness (QED) is 0.426.